The minimum Gasteiger partial charge on any atom is -0.394 e. The van der Waals surface area contributed by atoms with Gasteiger partial charge in [-0.2, -0.15) is 0 Å². The van der Waals surface area contributed by atoms with Gasteiger partial charge in [0, 0.05) is 30.7 Å². The fourth-order valence-corrected chi connectivity index (χ4v) is 3.89. The molecular weight excluding hydrogens is 260 g/mol. The van der Waals surface area contributed by atoms with Crippen LogP contribution in [0.2, 0.25) is 0 Å². The summed E-state index contributed by atoms with van der Waals surface area (Å²) in [5.74, 6) is 1.40. The molecule has 0 aliphatic heterocycles. The molecule has 21 heavy (non-hydrogen) atoms. The monoisotopic (exact) mass is 298 g/mol. The number of nitrogens with one attached hydrogen (secondary N) is 1. The summed E-state index contributed by atoms with van der Waals surface area (Å²) in [5.41, 5.74) is -0.0662. The van der Waals surface area contributed by atoms with Crippen molar-refractivity contribution in [3.63, 3.8) is 0 Å². The van der Waals surface area contributed by atoms with E-state index in [9.17, 15) is 5.11 Å². The molecule has 1 fully saturated rings. The van der Waals surface area contributed by atoms with Crippen LogP contribution in [0, 0.1) is 11.8 Å². The zero-order valence-corrected chi connectivity index (χ0v) is 15.2. The van der Waals surface area contributed by atoms with Gasteiger partial charge in [0.2, 0.25) is 0 Å². The molecule has 0 saturated heterocycles. The number of hydrogen-bond donors (Lipinski definition) is 2. The van der Waals surface area contributed by atoms with E-state index in [0.717, 1.165) is 12.8 Å². The Labute approximate surface area is 132 Å². The van der Waals surface area contributed by atoms with Crippen LogP contribution < -0.4 is 5.32 Å². The lowest BCUT2D eigenvalue weighted by Crippen LogP contribution is -2.58. The first-order chi connectivity index (χ1) is 9.78. The van der Waals surface area contributed by atoms with E-state index in [0.29, 0.717) is 23.9 Å². The molecule has 1 aliphatic carbocycles. The van der Waals surface area contributed by atoms with Gasteiger partial charge in [-0.05, 0) is 37.5 Å². The SMILES string of the molecule is CC(C)CN(CC(C)C)C1CCCC(CO)(NC(C)C)C1. The molecule has 0 aromatic rings. The first kappa shape index (κ1) is 18.9. The van der Waals surface area contributed by atoms with E-state index < -0.39 is 0 Å². The van der Waals surface area contributed by atoms with Crippen molar-refractivity contribution in [2.24, 2.45) is 11.8 Å². The Morgan fingerprint density at radius 3 is 2.10 bits per heavy atom. The largest absolute Gasteiger partial charge is 0.394 e. The van der Waals surface area contributed by atoms with E-state index in [-0.39, 0.29) is 12.1 Å². The highest BCUT2D eigenvalue weighted by molar-refractivity contribution is 4.97. The fourth-order valence-electron chi connectivity index (χ4n) is 3.89. The number of aliphatic hydroxyl groups is 1. The van der Waals surface area contributed by atoms with Crippen LogP contribution in [0.5, 0.6) is 0 Å². The van der Waals surface area contributed by atoms with Crippen molar-refractivity contribution in [3.05, 3.63) is 0 Å². The molecule has 1 aliphatic rings. The highest BCUT2D eigenvalue weighted by atomic mass is 16.3. The lowest BCUT2D eigenvalue weighted by Gasteiger charge is -2.46. The summed E-state index contributed by atoms with van der Waals surface area (Å²) < 4.78 is 0. The van der Waals surface area contributed by atoms with Gasteiger partial charge in [0.05, 0.1) is 6.61 Å². The highest BCUT2D eigenvalue weighted by Gasteiger charge is 2.38. The number of nitrogens with zero attached hydrogens (tertiary/aromatic N) is 1. The molecule has 0 aromatic carbocycles. The Bertz CT molecular complexity index is 281. The molecule has 2 N–H and O–H groups in total. The minimum atomic E-state index is -0.0662. The molecule has 0 radical (unpaired) electrons. The second-order valence-corrected chi connectivity index (χ2v) is 8.23. The van der Waals surface area contributed by atoms with Crippen molar-refractivity contribution >= 4 is 0 Å². The smallest absolute Gasteiger partial charge is 0.0613 e. The van der Waals surface area contributed by atoms with Crippen molar-refractivity contribution in [3.8, 4) is 0 Å². The predicted octanol–water partition coefficient (Wildman–Crippen LogP) is 3.27. The van der Waals surface area contributed by atoms with Crippen LogP contribution in [-0.2, 0) is 0 Å². The molecule has 0 aromatic heterocycles. The first-order valence-corrected chi connectivity index (χ1v) is 8.90. The maximum atomic E-state index is 9.97. The zero-order valence-electron chi connectivity index (χ0n) is 15.2. The van der Waals surface area contributed by atoms with Crippen LogP contribution in [-0.4, -0.2) is 47.3 Å². The van der Waals surface area contributed by atoms with Gasteiger partial charge in [0.25, 0.3) is 0 Å². The van der Waals surface area contributed by atoms with E-state index >= 15 is 0 Å². The van der Waals surface area contributed by atoms with Crippen LogP contribution in [0.4, 0.5) is 0 Å². The summed E-state index contributed by atoms with van der Waals surface area (Å²) in [6.45, 7) is 16.2. The first-order valence-electron chi connectivity index (χ1n) is 8.90. The molecule has 0 bridgehead atoms. The normalized spacial score (nSPS) is 27.3. The summed E-state index contributed by atoms with van der Waals surface area (Å²) in [4.78, 5) is 2.68. The van der Waals surface area contributed by atoms with E-state index in [1.807, 2.05) is 0 Å². The third kappa shape index (κ3) is 6.25. The average Bonchev–Trinajstić information content (AvgIpc) is 2.36. The minimum absolute atomic E-state index is 0.0662. The lowest BCUT2D eigenvalue weighted by atomic mass is 9.78. The highest BCUT2D eigenvalue weighted by Crippen LogP contribution is 2.32. The van der Waals surface area contributed by atoms with Crippen molar-refractivity contribution in [1.82, 2.24) is 10.2 Å². The standard InChI is InChI=1S/C18H38N2O/c1-14(2)11-20(12-15(3)4)17-8-7-9-18(10-17,13-21)19-16(5)6/h14-17,19,21H,7-13H2,1-6H3. The zero-order chi connectivity index (χ0) is 16.0. The molecule has 2 unspecified atom stereocenters. The molecular formula is C18H38N2O. The molecule has 3 nitrogen and oxygen atoms in total. The van der Waals surface area contributed by atoms with Crippen LogP contribution >= 0.6 is 0 Å². The second kappa shape index (κ2) is 8.50. The van der Waals surface area contributed by atoms with E-state index in [1.165, 1.54) is 25.9 Å². The topological polar surface area (TPSA) is 35.5 Å². The van der Waals surface area contributed by atoms with Gasteiger partial charge < -0.3 is 10.4 Å². The van der Waals surface area contributed by atoms with Gasteiger partial charge in [0.1, 0.15) is 0 Å². The average molecular weight is 299 g/mol. The lowest BCUT2D eigenvalue weighted by molar-refractivity contribution is 0.0444. The molecule has 0 heterocycles. The molecule has 3 heteroatoms. The van der Waals surface area contributed by atoms with Crippen LogP contribution in [0.15, 0.2) is 0 Å². The van der Waals surface area contributed by atoms with Gasteiger partial charge in [-0.25, -0.2) is 0 Å². The van der Waals surface area contributed by atoms with Gasteiger partial charge in [0.15, 0.2) is 0 Å². The quantitative estimate of drug-likeness (QED) is 0.722. The van der Waals surface area contributed by atoms with Gasteiger partial charge in [-0.3, -0.25) is 4.90 Å². The van der Waals surface area contributed by atoms with E-state index in [4.69, 9.17) is 0 Å². The van der Waals surface area contributed by atoms with Crippen molar-refractivity contribution < 1.29 is 5.11 Å². The Kier molecular flexibility index (Phi) is 7.66. The molecule has 0 spiro atoms. The molecule has 1 saturated carbocycles. The van der Waals surface area contributed by atoms with Gasteiger partial charge in [-0.1, -0.05) is 41.5 Å². The molecule has 1 rings (SSSR count). The summed E-state index contributed by atoms with van der Waals surface area (Å²) in [7, 11) is 0. The second-order valence-electron chi connectivity index (χ2n) is 8.23. The maximum absolute atomic E-state index is 9.97. The third-order valence-corrected chi connectivity index (χ3v) is 4.43. The van der Waals surface area contributed by atoms with Crippen molar-refractivity contribution in [1.29, 1.82) is 0 Å². The molecule has 126 valence electrons. The van der Waals surface area contributed by atoms with Crippen LogP contribution in [0.1, 0.15) is 67.2 Å². The van der Waals surface area contributed by atoms with Crippen molar-refractivity contribution in [2.45, 2.75) is 84.8 Å². The Morgan fingerprint density at radius 2 is 1.67 bits per heavy atom. The van der Waals surface area contributed by atoms with Gasteiger partial charge >= 0.3 is 0 Å². The Balaban J connectivity index is 2.78. The van der Waals surface area contributed by atoms with E-state index in [2.05, 4.69) is 51.8 Å². The summed E-state index contributed by atoms with van der Waals surface area (Å²) in [6.07, 6.45) is 4.69. The number of aliphatic hydroxyl groups excluding tert-OH is 1. The Hall–Kier alpha value is -0.120. The summed E-state index contributed by atoms with van der Waals surface area (Å²) in [6, 6.07) is 1.04. The van der Waals surface area contributed by atoms with Gasteiger partial charge in [-0.15, -0.1) is 0 Å². The third-order valence-electron chi connectivity index (χ3n) is 4.43. The summed E-state index contributed by atoms with van der Waals surface area (Å²) >= 11 is 0. The maximum Gasteiger partial charge on any atom is 0.0613 e. The van der Waals surface area contributed by atoms with Crippen molar-refractivity contribution in [2.75, 3.05) is 19.7 Å². The fraction of sp³-hybridized carbons (Fsp3) is 1.00. The Morgan fingerprint density at radius 1 is 1.10 bits per heavy atom. The number of rotatable bonds is 8. The molecule has 2 atom stereocenters. The van der Waals surface area contributed by atoms with Crippen LogP contribution in [0.25, 0.3) is 0 Å². The van der Waals surface area contributed by atoms with E-state index in [1.54, 1.807) is 0 Å². The summed E-state index contributed by atoms with van der Waals surface area (Å²) in [5, 5.41) is 13.6. The molecule has 0 amide bonds. The predicted molar refractivity (Wildman–Crippen MR) is 91.6 cm³/mol. The number of hydrogen-bond acceptors (Lipinski definition) is 3. The van der Waals surface area contributed by atoms with Crippen LogP contribution in [0.3, 0.4) is 0 Å².